The number of anilines is 1. The van der Waals surface area contributed by atoms with E-state index in [9.17, 15) is 24.3 Å². The van der Waals surface area contributed by atoms with Crippen LogP contribution in [0.2, 0.25) is 0 Å². The summed E-state index contributed by atoms with van der Waals surface area (Å²) in [6, 6.07) is 20.4. The number of nitrogens with zero attached hydrogens (tertiary/aromatic N) is 1. The van der Waals surface area contributed by atoms with Gasteiger partial charge in [-0.05, 0) is 41.5 Å². The molecule has 2 heterocycles. The number of carbonyl (C=O) groups is 3. The van der Waals surface area contributed by atoms with E-state index >= 15 is 0 Å². The Morgan fingerprint density at radius 3 is 2.36 bits per heavy atom. The van der Waals surface area contributed by atoms with Gasteiger partial charge in [-0.25, -0.2) is 9.78 Å². The van der Waals surface area contributed by atoms with E-state index in [1.165, 1.54) is 12.4 Å². The Bertz CT molecular complexity index is 1710. The molecule has 0 fully saturated rings. The van der Waals surface area contributed by atoms with Gasteiger partial charge in [-0.2, -0.15) is 0 Å². The number of aromatic carboxylic acids is 1. The lowest BCUT2D eigenvalue weighted by molar-refractivity contribution is -0.118. The minimum atomic E-state index is -1.35. The van der Waals surface area contributed by atoms with Crippen molar-refractivity contribution in [3.05, 3.63) is 119 Å². The predicted molar refractivity (Wildman–Crippen MR) is 146 cm³/mol. The largest absolute Gasteiger partial charge is 0.477 e. The topological polar surface area (TPSA) is 157 Å². The molecule has 2 aromatic heterocycles. The van der Waals surface area contributed by atoms with Crippen LogP contribution in [-0.4, -0.2) is 43.9 Å². The van der Waals surface area contributed by atoms with E-state index in [0.717, 1.165) is 17.3 Å². The zero-order valence-electron chi connectivity index (χ0n) is 20.5. The highest BCUT2D eigenvalue weighted by Gasteiger charge is 2.23. The zero-order chi connectivity index (χ0) is 27.4. The molecule has 0 aliphatic rings. The number of carbonyl (C=O) groups excluding carboxylic acids is 2. The number of hydrogen-bond acceptors (Lipinski definition) is 5. The van der Waals surface area contributed by atoms with Gasteiger partial charge < -0.3 is 25.7 Å². The van der Waals surface area contributed by atoms with Gasteiger partial charge >= 0.3 is 5.97 Å². The van der Waals surface area contributed by atoms with Crippen molar-refractivity contribution in [2.45, 2.75) is 12.5 Å². The monoisotopic (exact) mass is 521 g/mol. The molecule has 0 unspecified atom stereocenters. The number of pyridine rings is 1. The zero-order valence-corrected chi connectivity index (χ0v) is 20.5. The maximum absolute atomic E-state index is 13.3. The number of hydrogen-bond donors (Lipinski definition) is 5. The third-order valence-electron chi connectivity index (χ3n) is 6.23. The molecule has 0 radical (unpaired) electrons. The maximum Gasteiger partial charge on any atom is 0.341 e. The molecule has 0 spiro atoms. The van der Waals surface area contributed by atoms with Crippen molar-refractivity contribution in [2.24, 2.45) is 0 Å². The van der Waals surface area contributed by atoms with Gasteiger partial charge in [0.1, 0.15) is 11.6 Å². The molecule has 5 rings (SSSR count). The maximum atomic E-state index is 13.3. The Morgan fingerprint density at radius 1 is 0.923 bits per heavy atom. The summed E-state index contributed by atoms with van der Waals surface area (Å²) in [5, 5.41) is 14.9. The van der Waals surface area contributed by atoms with Crippen LogP contribution in [0.4, 0.5) is 5.69 Å². The van der Waals surface area contributed by atoms with Crippen LogP contribution < -0.4 is 16.1 Å². The van der Waals surface area contributed by atoms with Crippen LogP contribution in [0.15, 0.2) is 96.3 Å². The van der Waals surface area contributed by atoms with E-state index in [0.29, 0.717) is 16.8 Å². The molecule has 1 atom stereocenters. The highest BCUT2D eigenvalue weighted by Crippen LogP contribution is 2.20. The van der Waals surface area contributed by atoms with Gasteiger partial charge in [0, 0.05) is 46.7 Å². The fourth-order valence-electron chi connectivity index (χ4n) is 4.20. The number of H-pyrrole nitrogens is 2. The van der Waals surface area contributed by atoms with Crippen LogP contribution in [0.1, 0.15) is 26.4 Å². The van der Waals surface area contributed by atoms with E-state index < -0.39 is 34.8 Å². The van der Waals surface area contributed by atoms with E-state index in [2.05, 4.69) is 25.6 Å². The van der Waals surface area contributed by atoms with Gasteiger partial charge in [0.05, 0.1) is 6.33 Å². The summed E-state index contributed by atoms with van der Waals surface area (Å²) < 4.78 is 0. The number of benzene rings is 3. The molecule has 2 amide bonds. The SMILES string of the molecule is O=C(N[C@@H](Cc1cnc[nH]1)C(=O)Nc1ccc2[nH]cc(C(=O)O)c(=O)c2c1)c1ccc(-c2ccccc2)cc1. The molecular weight excluding hydrogens is 498 g/mol. The normalized spacial score (nSPS) is 11.6. The fourth-order valence-corrected chi connectivity index (χ4v) is 4.20. The summed E-state index contributed by atoms with van der Waals surface area (Å²) in [4.78, 5) is 60.0. The molecule has 10 heteroatoms. The Morgan fingerprint density at radius 2 is 1.67 bits per heavy atom. The molecule has 10 nitrogen and oxygen atoms in total. The fraction of sp³-hybridized carbons (Fsp3) is 0.0690. The van der Waals surface area contributed by atoms with Crippen LogP contribution >= 0.6 is 0 Å². The number of amides is 2. The lowest BCUT2D eigenvalue weighted by Crippen LogP contribution is -2.45. The van der Waals surface area contributed by atoms with E-state index in [1.807, 2.05) is 42.5 Å². The minimum Gasteiger partial charge on any atom is -0.477 e. The summed E-state index contributed by atoms with van der Waals surface area (Å²) in [6.45, 7) is 0. The molecule has 194 valence electrons. The van der Waals surface area contributed by atoms with Crippen molar-refractivity contribution in [1.82, 2.24) is 20.3 Å². The molecule has 0 saturated heterocycles. The lowest BCUT2D eigenvalue weighted by Gasteiger charge is -2.18. The molecular formula is C29H23N5O5. The van der Waals surface area contributed by atoms with Crippen molar-refractivity contribution < 1.29 is 19.5 Å². The van der Waals surface area contributed by atoms with Crippen LogP contribution in [-0.2, 0) is 11.2 Å². The third-order valence-corrected chi connectivity index (χ3v) is 6.23. The van der Waals surface area contributed by atoms with E-state index in [-0.39, 0.29) is 17.5 Å². The number of aromatic nitrogens is 3. The third kappa shape index (κ3) is 5.59. The predicted octanol–water partition coefficient (Wildman–Crippen LogP) is 3.60. The van der Waals surface area contributed by atoms with E-state index in [1.54, 1.807) is 30.5 Å². The van der Waals surface area contributed by atoms with Gasteiger partial charge in [0.25, 0.3) is 5.91 Å². The first-order valence-electron chi connectivity index (χ1n) is 12.0. The summed E-state index contributed by atoms with van der Waals surface area (Å²) in [5.41, 5.74) is 2.61. The van der Waals surface area contributed by atoms with Crippen molar-refractivity contribution in [2.75, 3.05) is 5.32 Å². The van der Waals surface area contributed by atoms with Gasteiger partial charge in [-0.3, -0.25) is 14.4 Å². The van der Waals surface area contributed by atoms with Crippen molar-refractivity contribution in [3.63, 3.8) is 0 Å². The van der Waals surface area contributed by atoms with Gasteiger partial charge in [0.2, 0.25) is 11.3 Å². The Balaban J connectivity index is 1.37. The Labute approximate surface area is 221 Å². The summed E-state index contributed by atoms with van der Waals surface area (Å²) >= 11 is 0. The average Bonchev–Trinajstić information content (AvgIpc) is 3.47. The Kier molecular flexibility index (Phi) is 7.00. The van der Waals surface area contributed by atoms with Crippen LogP contribution in [0.3, 0.4) is 0 Å². The number of rotatable bonds is 8. The molecule has 0 aliphatic heterocycles. The molecule has 5 aromatic rings. The van der Waals surface area contributed by atoms with Crippen LogP contribution in [0, 0.1) is 0 Å². The molecule has 0 saturated carbocycles. The Hall–Kier alpha value is -5.51. The molecule has 5 N–H and O–H groups in total. The lowest BCUT2D eigenvalue weighted by atomic mass is 10.0. The second-order valence-corrected chi connectivity index (χ2v) is 8.84. The van der Waals surface area contributed by atoms with Crippen molar-refractivity contribution in [1.29, 1.82) is 0 Å². The highest BCUT2D eigenvalue weighted by atomic mass is 16.4. The standard InChI is InChI=1S/C29H23N5O5/c35-26-22-12-20(10-11-24(22)31-15-23(26)29(38)39)33-28(37)25(13-21-14-30-16-32-21)34-27(36)19-8-6-18(7-9-19)17-4-2-1-3-5-17/h1-12,14-16,25H,13H2,(H,30,32)(H,31,35)(H,33,37)(H,34,36)(H,38,39)/t25-/m0/s1. The van der Waals surface area contributed by atoms with Crippen LogP contribution in [0.5, 0.6) is 0 Å². The first-order chi connectivity index (χ1) is 18.9. The van der Waals surface area contributed by atoms with Crippen LogP contribution in [0.25, 0.3) is 22.0 Å². The van der Waals surface area contributed by atoms with E-state index in [4.69, 9.17) is 0 Å². The number of carboxylic acids is 1. The smallest absolute Gasteiger partial charge is 0.341 e. The first kappa shape index (κ1) is 25.2. The van der Waals surface area contributed by atoms with Crippen molar-refractivity contribution in [3.8, 4) is 11.1 Å². The average molecular weight is 522 g/mol. The van der Waals surface area contributed by atoms with Gasteiger partial charge in [-0.15, -0.1) is 0 Å². The second-order valence-electron chi connectivity index (χ2n) is 8.84. The molecule has 3 aromatic carbocycles. The summed E-state index contributed by atoms with van der Waals surface area (Å²) in [6.07, 6.45) is 4.30. The minimum absolute atomic E-state index is 0.111. The number of fused-ring (bicyclic) bond motifs is 1. The number of aromatic amines is 2. The summed E-state index contributed by atoms with van der Waals surface area (Å²) in [7, 11) is 0. The van der Waals surface area contributed by atoms with Crippen molar-refractivity contribution >= 4 is 34.4 Å². The molecule has 0 bridgehead atoms. The number of carboxylic acid groups (broad SMARTS) is 1. The molecule has 0 aliphatic carbocycles. The number of nitrogens with one attached hydrogen (secondary N) is 4. The highest BCUT2D eigenvalue weighted by molar-refractivity contribution is 6.02. The number of imidazole rings is 1. The molecule has 39 heavy (non-hydrogen) atoms. The van der Waals surface area contributed by atoms with Gasteiger partial charge in [-0.1, -0.05) is 42.5 Å². The quantitative estimate of drug-likeness (QED) is 0.210. The summed E-state index contributed by atoms with van der Waals surface area (Å²) in [5.74, 6) is -2.31. The van der Waals surface area contributed by atoms with Gasteiger partial charge in [0.15, 0.2) is 0 Å². The second kappa shape index (κ2) is 10.9. The first-order valence-corrected chi connectivity index (χ1v) is 12.0.